The van der Waals surface area contributed by atoms with Crippen LogP contribution >= 0.6 is 0 Å². The molecule has 0 radical (unpaired) electrons. The van der Waals surface area contributed by atoms with Crippen LogP contribution in [0, 0.1) is 5.92 Å². The minimum absolute atomic E-state index is 0.817. The van der Waals surface area contributed by atoms with Gasteiger partial charge in [0.25, 0.3) is 0 Å². The van der Waals surface area contributed by atoms with Gasteiger partial charge in [0.2, 0.25) is 0 Å². The monoisotopic (exact) mass is 464 g/mol. The molecular weight excluding hydrogens is 400 g/mol. The Balaban J connectivity index is 3.42. The number of hydrogen-bond acceptors (Lipinski definition) is 1. The molecule has 0 aromatic heterocycles. The number of hydrogen-bond donors (Lipinski definition) is 0. The lowest BCUT2D eigenvalue weighted by atomic mass is 9.91. The Kier molecular flexibility index (Phi) is 27.7. The van der Waals surface area contributed by atoms with E-state index < -0.39 is 0 Å². The predicted molar refractivity (Wildman–Crippen MR) is 151 cm³/mol. The summed E-state index contributed by atoms with van der Waals surface area (Å²) in [5.74, 6) is 0.817. The van der Waals surface area contributed by atoms with Crippen molar-refractivity contribution >= 4 is 0 Å². The van der Waals surface area contributed by atoms with Crippen LogP contribution in [0.15, 0.2) is 12.2 Å². The van der Waals surface area contributed by atoms with E-state index in [-0.39, 0.29) is 0 Å². The molecule has 0 aliphatic rings. The molecule has 1 atom stereocenters. The molecule has 0 rings (SSSR count). The smallest absolute Gasteiger partial charge is 0.0466 e. The summed E-state index contributed by atoms with van der Waals surface area (Å²) in [6, 6.07) is 0. The van der Waals surface area contributed by atoms with Crippen molar-refractivity contribution in [1.82, 2.24) is 0 Å². The van der Waals surface area contributed by atoms with Crippen LogP contribution in [0.5, 0.6) is 0 Å². The van der Waals surface area contributed by atoms with Gasteiger partial charge in [-0.3, -0.25) is 0 Å². The Hall–Kier alpha value is -0.300. The fraction of sp³-hybridized carbons (Fsp3) is 0.938. The average molecular weight is 465 g/mol. The molecule has 0 heterocycles. The van der Waals surface area contributed by atoms with Gasteiger partial charge in [-0.1, -0.05) is 148 Å². The fourth-order valence-electron chi connectivity index (χ4n) is 4.91. The van der Waals surface area contributed by atoms with Gasteiger partial charge in [0.1, 0.15) is 0 Å². The highest BCUT2D eigenvalue weighted by Crippen LogP contribution is 2.23. The van der Waals surface area contributed by atoms with Crippen LogP contribution in [0.1, 0.15) is 175 Å². The van der Waals surface area contributed by atoms with E-state index in [1.807, 2.05) is 0 Å². The molecule has 0 aromatic carbocycles. The third-order valence-electron chi connectivity index (χ3n) is 7.33. The first-order chi connectivity index (χ1) is 16.2. The zero-order chi connectivity index (χ0) is 24.2. The summed E-state index contributed by atoms with van der Waals surface area (Å²) in [7, 11) is 0. The summed E-state index contributed by atoms with van der Waals surface area (Å²) < 4.78 is 5.92. The third kappa shape index (κ3) is 26.2. The van der Waals surface area contributed by atoms with Gasteiger partial charge in [-0.2, -0.15) is 0 Å². The zero-order valence-corrected chi connectivity index (χ0v) is 23.6. The molecular formula is C32H64O. The van der Waals surface area contributed by atoms with E-state index in [0.717, 1.165) is 19.1 Å². The molecule has 1 heteroatoms. The molecule has 0 aliphatic carbocycles. The summed E-state index contributed by atoms with van der Waals surface area (Å²) in [6.07, 6.45) is 33.0. The Morgan fingerprint density at radius 3 is 1.45 bits per heavy atom. The second-order valence-corrected chi connectivity index (χ2v) is 10.7. The van der Waals surface area contributed by atoms with Crippen molar-refractivity contribution in [3.8, 4) is 0 Å². The van der Waals surface area contributed by atoms with E-state index in [9.17, 15) is 0 Å². The van der Waals surface area contributed by atoms with Crippen molar-refractivity contribution in [3.63, 3.8) is 0 Å². The van der Waals surface area contributed by atoms with Crippen molar-refractivity contribution in [1.29, 1.82) is 0 Å². The molecule has 0 spiro atoms. The number of unbranched alkanes of at least 4 members (excludes halogenated alkanes) is 17. The first-order valence-corrected chi connectivity index (χ1v) is 15.5. The van der Waals surface area contributed by atoms with Gasteiger partial charge in [-0.05, 0) is 44.4 Å². The molecule has 0 bridgehead atoms. The lowest BCUT2D eigenvalue weighted by Crippen LogP contribution is -2.04. The Labute approximate surface area is 210 Å². The van der Waals surface area contributed by atoms with E-state index in [4.69, 9.17) is 4.74 Å². The van der Waals surface area contributed by atoms with Crippen LogP contribution in [0.2, 0.25) is 0 Å². The molecule has 0 saturated heterocycles. The van der Waals surface area contributed by atoms with Gasteiger partial charge >= 0.3 is 0 Å². The minimum atomic E-state index is 0.817. The number of allylic oxidation sites excluding steroid dienone is 1. The van der Waals surface area contributed by atoms with Gasteiger partial charge in [-0.15, -0.1) is 0 Å². The molecule has 0 amide bonds. The normalized spacial score (nSPS) is 12.3. The summed E-state index contributed by atoms with van der Waals surface area (Å²) in [4.78, 5) is 0. The van der Waals surface area contributed by atoms with E-state index in [0.29, 0.717) is 0 Å². The molecule has 33 heavy (non-hydrogen) atoms. The molecule has 1 nitrogen and oxygen atoms in total. The van der Waals surface area contributed by atoms with Crippen LogP contribution < -0.4 is 0 Å². The molecule has 0 fully saturated rings. The van der Waals surface area contributed by atoms with Crippen LogP contribution in [0.4, 0.5) is 0 Å². The van der Waals surface area contributed by atoms with Crippen LogP contribution in [-0.4, -0.2) is 13.2 Å². The van der Waals surface area contributed by atoms with Crippen molar-refractivity contribution in [2.75, 3.05) is 13.2 Å². The lowest BCUT2D eigenvalue weighted by Gasteiger charge is -2.16. The van der Waals surface area contributed by atoms with Gasteiger partial charge in [-0.25, -0.2) is 0 Å². The molecule has 0 saturated carbocycles. The van der Waals surface area contributed by atoms with Gasteiger partial charge in [0.05, 0.1) is 0 Å². The maximum absolute atomic E-state index is 5.92. The summed E-state index contributed by atoms with van der Waals surface area (Å²) in [5.41, 5.74) is 1.50. The lowest BCUT2D eigenvalue weighted by molar-refractivity contribution is 0.122. The Bertz CT molecular complexity index is 375. The molecule has 198 valence electrons. The quantitative estimate of drug-likeness (QED) is 0.0826. The highest BCUT2D eigenvalue weighted by molar-refractivity contribution is 4.95. The summed E-state index contributed by atoms with van der Waals surface area (Å²) >= 11 is 0. The maximum Gasteiger partial charge on any atom is 0.0466 e. The van der Waals surface area contributed by atoms with Crippen LogP contribution in [0.3, 0.4) is 0 Å². The van der Waals surface area contributed by atoms with Gasteiger partial charge in [0, 0.05) is 13.2 Å². The van der Waals surface area contributed by atoms with E-state index in [2.05, 4.69) is 27.4 Å². The Morgan fingerprint density at radius 1 is 0.545 bits per heavy atom. The van der Waals surface area contributed by atoms with Gasteiger partial charge in [0.15, 0.2) is 0 Å². The fourth-order valence-corrected chi connectivity index (χ4v) is 4.91. The highest BCUT2D eigenvalue weighted by atomic mass is 16.5. The zero-order valence-electron chi connectivity index (χ0n) is 23.6. The van der Waals surface area contributed by atoms with E-state index in [1.165, 1.54) is 160 Å². The third-order valence-corrected chi connectivity index (χ3v) is 7.33. The van der Waals surface area contributed by atoms with Crippen molar-refractivity contribution in [2.45, 2.75) is 175 Å². The topological polar surface area (TPSA) is 9.23 Å². The Morgan fingerprint density at radius 2 is 0.970 bits per heavy atom. The number of ether oxygens (including phenoxy) is 1. The second-order valence-electron chi connectivity index (χ2n) is 10.7. The predicted octanol–water partition coefficient (Wildman–Crippen LogP) is 11.6. The molecule has 0 aromatic rings. The van der Waals surface area contributed by atoms with Crippen molar-refractivity contribution in [3.05, 3.63) is 12.2 Å². The number of rotatable bonds is 28. The second kappa shape index (κ2) is 27.9. The van der Waals surface area contributed by atoms with Crippen LogP contribution in [-0.2, 0) is 4.74 Å². The highest BCUT2D eigenvalue weighted by Gasteiger charge is 2.08. The first kappa shape index (κ1) is 32.7. The SMILES string of the molecule is C=C(CCCCCCCCCCC)C[C@@H](CC)CCCOCCCCCCCCCCCC. The minimum Gasteiger partial charge on any atom is -0.381 e. The largest absolute Gasteiger partial charge is 0.381 e. The van der Waals surface area contributed by atoms with Crippen LogP contribution in [0.25, 0.3) is 0 Å². The summed E-state index contributed by atoms with van der Waals surface area (Å²) in [5, 5.41) is 0. The molecule has 0 aliphatic heterocycles. The summed E-state index contributed by atoms with van der Waals surface area (Å²) in [6.45, 7) is 13.3. The standard InChI is InChI=1S/C32H64O/c1-5-8-10-12-14-16-18-20-22-24-28-33-29-25-27-32(7-3)30-31(4)26-23-21-19-17-15-13-11-9-6-2/h32H,4-30H2,1-3H3/t32-/m0/s1. The van der Waals surface area contributed by atoms with E-state index >= 15 is 0 Å². The average Bonchev–Trinajstić information content (AvgIpc) is 2.82. The molecule has 0 unspecified atom stereocenters. The van der Waals surface area contributed by atoms with Gasteiger partial charge < -0.3 is 4.74 Å². The van der Waals surface area contributed by atoms with E-state index in [1.54, 1.807) is 0 Å². The molecule has 0 N–H and O–H groups in total. The van der Waals surface area contributed by atoms with Crippen molar-refractivity contribution < 1.29 is 4.74 Å². The maximum atomic E-state index is 5.92. The first-order valence-electron chi connectivity index (χ1n) is 15.5. The van der Waals surface area contributed by atoms with Crippen molar-refractivity contribution in [2.24, 2.45) is 5.92 Å².